The van der Waals surface area contributed by atoms with E-state index < -0.39 is 63.1 Å². The van der Waals surface area contributed by atoms with Gasteiger partial charge in [0.2, 0.25) is 5.91 Å². The highest BCUT2D eigenvalue weighted by atomic mass is 32.2. The van der Waals surface area contributed by atoms with Crippen LogP contribution in [-0.2, 0) is 40.2 Å². The molecule has 2 N–H and O–H groups in total. The number of carboxylic acids is 1. The number of hydrogen-bond acceptors (Lipinski definition) is 8. The lowest BCUT2D eigenvalue weighted by Gasteiger charge is -2.48. The first kappa shape index (κ1) is 20.0. The average Bonchev–Trinajstić information content (AvgIpc) is 3.09. The molecule has 12 heteroatoms. The second kappa shape index (κ2) is 7.36. The molecule has 2 amide bonds. The van der Waals surface area contributed by atoms with Gasteiger partial charge >= 0.3 is 11.9 Å². The summed E-state index contributed by atoms with van der Waals surface area (Å²) in [4.78, 5) is 48.6. The lowest BCUT2D eigenvalue weighted by Crippen LogP contribution is -2.75. The summed E-state index contributed by atoms with van der Waals surface area (Å²) >= 11 is 1.34. The van der Waals surface area contributed by atoms with Gasteiger partial charge in [-0.3, -0.25) is 19.3 Å². The standard InChI is InChI=1S/C16H16N2O8S2/c1-8(19)26-6-9-7-28(24,25)15-12(14(21)18(15)13(9)16(22)23)17-11(20)5-10-3-2-4-27-10/h2-4,12,15H,5-7H2,1H3,(H,17,20)(H,22,23)/t12-,15-/m0/s1. The summed E-state index contributed by atoms with van der Waals surface area (Å²) in [5, 5.41) is 12.1. The van der Waals surface area contributed by atoms with Crippen molar-refractivity contribution in [2.45, 2.75) is 24.8 Å². The number of fused-ring (bicyclic) bond motifs is 1. The van der Waals surface area contributed by atoms with E-state index in [1.54, 1.807) is 17.5 Å². The van der Waals surface area contributed by atoms with Gasteiger partial charge in [0.15, 0.2) is 15.2 Å². The van der Waals surface area contributed by atoms with Crippen molar-refractivity contribution in [1.82, 2.24) is 10.2 Å². The van der Waals surface area contributed by atoms with E-state index in [0.717, 1.165) is 11.8 Å². The topological polar surface area (TPSA) is 147 Å². The summed E-state index contributed by atoms with van der Waals surface area (Å²) in [5.74, 6) is -4.30. The number of nitrogens with zero attached hydrogens (tertiary/aromatic N) is 1. The van der Waals surface area contributed by atoms with Gasteiger partial charge in [-0.2, -0.15) is 0 Å². The van der Waals surface area contributed by atoms with E-state index in [4.69, 9.17) is 4.74 Å². The summed E-state index contributed by atoms with van der Waals surface area (Å²) < 4.78 is 29.9. The van der Waals surface area contributed by atoms with Gasteiger partial charge in [-0.1, -0.05) is 6.07 Å². The predicted octanol–water partition coefficient (Wildman–Crippen LogP) is -0.726. The molecule has 2 atom stereocenters. The monoisotopic (exact) mass is 428 g/mol. The summed E-state index contributed by atoms with van der Waals surface area (Å²) in [7, 11) is -4.00. The fraction of sp³-hybridized carbons (Fsp3) is 0.375. The van der Waals surface area contributed by atoms with Gasteiger partial charge in [-0.25, -0.2) is 13.2 Å². The largest absolute Gasteiger partial charge is 0.477 e. The van der Waals surface area contributed by atoms with Crippen LogP contribution in [0.5, 0.6) is 0 Å². The van der Waals surface area contributed by atoms with Crippen LogP contribution in [0.4, 0.5) is 0 Å². The van der Waals surface area contributed by atoms with Crippen LogP contribution in [0.15, 0.2) is 28.8 Å². The van der Waals surface area contributed by atoms with Crippen molar-refractivity contribution >= 4 is 44.9 Å². The molecule has 150 valence electrons. The molecule has 0 aliphatic carbocycles. The van der Waals surface area contributed by atoms with Gasteiger partial charge in [-0.05, 0) is 11.4 Å². The first-order chi connectivity index (χ1) is 13.1. The van der Waals surface area contributed by atoms with Gasteiger partial charge in [0.25, 0.3) is 5.91 Å². The van der Waals surface area contributed by atoms with Crippen LogP contribution in [0.3, 0.4) is 0 Å². The van der Waals surface area contributed by atoms with Gasteiger partial charge in [-0.15, -0.1) is 11.3 Å². The molecule has 0 saturated carbocycles. The minimum Gasteiger partial charge on any atom is -0.477 e. The molecule has 1 saturated heterocycles. The predicted molar refractivity (Wildman–Crippen MR) is 95.7 cm³/mol. The molecule has 0 spiro atoms. The Kier molecular flexibility index (Phi) is 5.26. The van der Waals surface area contributed by atoms with Crippen molar-refractivity contribution < 1.29 is 37.4 Å². The van der Waals surface area contributed by atoms with E-state index in [2.05, 4.69) is 5.32 Å². The Morgan fingerprint density at radius 2 is 2.11 bits per heavy atom. The Hall–Kier alpha value is -2.73. The highest BCUT2D eigenvalue weighted by molar-refractivity contribution is 7.92. The molecule has 28 heavy (non-hydrogen) atoms. The fourth-order valence-corrected chi connectivity index (χ4v) is 5.83. The Labute approximate surface area is 163 Å². The van der Waals surface area contributed by atoms with Crippen molar-refractivity contribution in [1.29, 1.82) is 0 Å². The van der Waals surface area contributed by atoms with Crippen molar-refractivity contribution in [3.05, 3.63) is 33.7 Å². The Morgan fingerprint density at radius 3 is 2.68 bits per heavy atom. The number of aliphatic carboxylic acids is 1. The number of sulfone groups is 1. The molecule has 0 aromatic carbocycles. The minimum atomic E-state index is -4.00. The van der Waals surface area contributed by atoms with Gasteiger partial charge in [0.1, 0.15) is 18.3 Å². The van der Waals surface area contributed by atoms with E-state index in [0.29, 0.717) is 4.90 Å². The molecule has 2 aliphatic heterocycles. The van der Waals surface area contributed by atoms with Crippen molar-refractivity contribution in [3.8, 4) is 0 Å². The molecule has 3 rings (SSSR count). The van der Waals surface area contributed by atoms with Crippen LogP contribution in [0.25, 0.3) is 0 Å². The number of rotatable bonds is 6. The Morgan fingerprint density at radius 1 is 1.39 bits per heavy atom. The van der Waals surface area contributed by atoms with Crippen molar-refractivity contribution in [2.75, 3.05) is 12.4 Å². The second-order valence-corrected chi connectivity index (χ2v) is 9.37. The van der Waals surface area contributed by atoms with Gasteiger partial charge in [0.05, 0.1) is 12.2 Å². The molecule has 0 unspecified atom stereocenters. The molecular weight excluding hydrogens is 412 g/mol. The number of nitrogens with one attached hydrogen (secondary N) is 1. The number of hydrogen-bond donors (Lipinski definition) is 2. The van der Waals surface area contributed by atoms with Crippen LogP contribution in [-0.4, -0.2) is 66.0 Å². The highest BCUT2D eigenvalue weighted by Crippen LogP contribution is 2.36. The molecule has 0 radical (unpaired) electrons. The molecule has 1 aromatic heterocycles. The van der Waals surface area contributed by atoms with E-state index >= 15 is 0 Å². The normalized spacial score (nSPS) is 22.9. The third-order valence-corrected chi connectivity index (χ3v) is 7.09. The molecule has 10 nitrogen and oxygen atoms in total. The summed E-state index contributed by atoms with van der Waals surface area (Å²) in [6, 6.07) is 2.12. The van der Waals surface area contributed by atoms with Crippen LogP contribution in [0.1, 0.15) is 11.8 Å². The lowest BCUT2D eigenvalue weighted by atomic mass is 10.0. The van der Waals surface area contributed by atoms with Crippen molar-refractivity contribution in [2.24, 2.45) is 0 Å². The Balaban J connectivity index is 1.84. The number of carbonyl (C=O) groups excluding carboxylic acids is 3. The van der Waals surface area contributed by atoms with E-state index in [1.807, 2.05) is 0 Å². The third kappa shape index (κ3) is 3.64. The zero-order chi connectivity index (χ0) is 20.6. The average molecular weight is 428 g/mol. The summed E-state index contributed by atoms with van der Waals surface area (Å²) in [6.07, 6.45) is -0.0203. The first-order valence-electron chi connectivity index (χ1n) is 8.07. The highest BCUT2D eigenvalue weighted by Gasteiger charge is 2.60. The third-order valence-electron chi connectivity index (χ3n) is 4.25. The zero-order valence-electron chi connectivity index (χ0n) is 14.6. The SMILES string of the molecule is CC(=O)OCC1=C(C(=O)O)N2C(=O)[C@H](NC(=O)Cc3cccs3)[C@@H]2S(=O)(=O)C1. The number of carboxylic acid groups (broad SMARTS) is 1. The van der Waals surface area contributed by atoms with Crippen LogP contribution >= 0.6 is 11.3 Å². The maximum Gasteiger partial charge on any atom is 0.352 e. The molecule has 2 aliphatic rings. The van der Waals surface area contributed by atoms with Gasteiger partial charge in [0, 0.05) is 17.4 Å². The number of ether oxygens (including phenoxy) is 1. The zero-order valence-corrected chi connectivity index (χ0v) is 16.2. The summed E-state index contributed by atoms with van der Waals surface area (Å²) in [6.45, 7) is 0.539. The smallest absolute Gasteiger partial charge is 0.352 e. The maximum atomic E-state index is 12.6. The number of carbonyl (C=O) groups is 4. The summed E-state index contributed by atoms with van der Waals surface area (Å²) in [5.41, 5.74) is -0.731. The number of esters is 1. The lowest BCUT2D eigenvalue weighted by molar-refractivity contribution is -0.151. The van der Waals surface area contributed by atoms with Crippen molar-refractivity contribution in [3.63, 3.8) is 0 Å². The van der Waals surface area contributed by atoms with Crippen LogP contribution < -0.4 is 5.32 Å². The Bertz CT molecular complexity index is 980. The molecular formula is C16H16N2O8S2. The van der Waals surface area contributed by atoms with E-state index in [-0.39, 0.29) is 12.0 Å². The number of thiophene rings is 1. The molecule has 1 aromatic rings. The number of β-lactam (4-membered cyclic amide) rings is 1. The van der Waals surface area contributed by atoms with Crippen LogP contribution in [0, 0.1) is 0 Å². The maximum absolute atomic E-state index is 12.6. The first-order valence-corrected chi connectivity index (χ1v) is 10.7. The minimum absolute atomic E-state index is 0.0203. The quantitative estimate of drug-likeness (QED) is 0.445. The molecule has 0 bridgehead atoms. The van der Waals surface area contributed by atoms with E-state index in [9.17, 15) is 32.7 Å². The van der Waals surface area contributed by atoms with E-state index in [1.165, 1.54) is 11.3 Å². The molecule has 3 heterocycles. The van der Waals surface area contributed by atoms with Crippen LogP contribution in [0.2, 0.25) is 0 Å². The second-order valence-electron chi connectivity index (χ2n) is 6.24. The molecule has 1 fully saturated rings. The fourth-order valence-electron chi connectivity index (χ4n) is 3.12. The van der Waals surface area contributed by atoms with Gasteiger partial charge < -0.3 is 15.2 Å². The number of amides is 2.